The molecule has 159 valence electrons. The fraction of sp³-hybridized carbons (Fsp3) is 0.632. The van der Waals surface area contributed by atoms with Crippen molar-refractivity contribution in [3.63, 3.8) is 0 Å². The summed E-state index contributed by atoms with van der Waals surface area (Å²) >= 11 is 1.06. The SMILES string of the molecule is CCCCC[NH-].CCCCC[NH-].O=C(O)Cc1cccc(CC(=O)O)n1.[O]=[V+2]. The molecular formula is C19H33N3O5V. The van der Waals surface area contributed by atoms with Crippen LogP contribution in [0.25, 0.3) is 11.5 Å². The number of pyridine rings is 1. The van der Waals surface area contributed by atoms with Crippen LogP contribution in [0.2, 0.25) is 0 Å². The minimum absolute atomic E-state index is 0.187. The summed E-state index contributed by atoms with van der Waals surface area (Å²) in [4.78, 5) is 24.6. The Morgan fingerprint density at radius 1 is 0.857 bits per heavy atom. The van der Waals surface area contributed by atoms with Gasteiger partial charge in [0.1, 0.15) is 0 Å². The second kappa shape index (κ2) is 25.4. The summed E-state index contributed by atoms with van der Waals surface area (Å²) in [7, 11) is 0. The zero-order chi connectivity index (χ0) is 22.2. The molecule has 1 rings (SSSR count). The molecule has 0 aliphatic rings. The first-order valence-electron chi connectivity index (χ1n) is 9.26. The Balaban J connectivity index is -0.000000373. The molecule has 28 heavy (non-hydrogen) atoms. The van der Waals surface area contributed by atoms with Crippen LogP contribution in [-0.2, 0) is 43.5 Å². The van der Waals surface area contributed by atoms with Gasteiger partial charge in [-0.3, -0.25) is 14.6 Å². The summed E-state index contributed by atoms with van der Waals surface area (Å²) in [6.07, 6.45) is 6.71. The predicted molar refractivity (Wildman–Crippen MR) is 105 cm³/mol. The molecule has 0 spiro atoms. The number of nitrogens with one attached hydrogen (secondary N) is 2. The molecule has 0 saturated carbocycles. The molecule has 0 aliphatic heterocycles. The van der Waals surface area contributed by atoms with Gasteiger partial charge in [-0.25, -0.2) is 0 Å². The second-order valence-electron chi connectivity index (χ2n) is 5.68. The molecule has 0 amide bonds. The minimum atomic E-state index is -0.982. The molecule has 0 unspecified atom stereocenters. The number of aliphatic carboxylic acids is 2. The number of rotatable bonds is 10. The van der Waals surface area contributed by atoms with E-state index >= 15 is 0 Å². The first kappa shape index (κ1) is 31.1. The first-order valence-corrected chi connectivity index (χ1v) is 9.83. The van der Waals surface area contributed by atoms with Crippen molar-refractivity contribution in [2.75, 3.05) is 13.1 Å². The van der Waals surface area contributed by atoms with Crippen LogP contribution in [0.3, 0.4) is 0 Å². The van der Waals surface area contributed by atoms with Crippen LogP contribution < -0.4 is 0 Å². The third kappa shape index (κ3) is 26.6. The van der Waals surface area contributed by atoms with Crippen LogP contribution >= 0.6 is 0 Å². The molecule has 0 bridgehead atoms. The van der Waals surface area contributed by atoms with Crippen molar-refractivity contribution < 1.29 is 40.8 Å². The number of carboxylic acids is 2. The van der Waals surface area contributed by atoms with E-state index in [0.717, 1.165) is 30.2 Å². The van der Waals surface area contributed by atoms with Crippen molar-refractivity contribution in [2.45, 2.75) is 65.2 Å². The summed E-state index contributed by atoms with van der Waals surface area (Å²) in [6, 6.07) is 4.71. The zero-order valence-corrected chi connectivity index (χ0v) is 18.2. The van der Waals surface area contributed by atoms with E-state index in [0.29, 0.717) is 24.5 Å². The number of unbranched alkanes of at least 4 members (excludes halogenated alkanes) is 4. The van der Waals surface area contributed by atoms with Crippen LogP contribution in [0, 0.1) is 0 Å². The number of aromatic nitrogens is 1. The monoisotopic (exact) mass is 434 g/mol. The van der Waals surface area contributed by atoms with Crippen molar-refractivity contribution in [3.8, 4) is 0 Å². The molecule has 9 heteroatoms. The fourth-order valence-electron chi connectivity index (χ4n) is 1.79. The van der Waals surface area contributed by atoms with Crippen molar-refractivity contribution in [2.24, 2.45) is 0 Å². The average Bonchev–Trinajstić information content (AvgIpc) is 2.66. The molecule has 4 N–H and O–H groups in total. The number of hydrogen-bond acceptors (Lipinski definition) is 4. The summed E-state index contributed by atoms with van der Waals surface area (Å²) in [5.41, 5.74) is 14.2. The van der Waals surface area contributed by atoms with Gasteiger partial charge >= 0.3 is 33.0 Å². The summed E-state index contributed by atoms with van der Waals surface area (Å²) in [6.45, 7) is 5.51. The number of hydrogen-bond donors (Lipinski definition) is 2. The fourth-order valence-corrected chi connectivity index (χ4v) is 1.79. The molecule has 0 aliphatic carbocycles. The molecule has 0 aromatic carbocycles. The van der Waals surface area contributed by atoms with Gasteiger partial charge in [-0.1, -0.05) is 58.4 Å². The topological polar surface area (TPSA) is 152 Å². The molecular weight excluding hydrogens is 401 g/mol. The molecule has 1 aromatic heterocycles. The van der Waals surface area contributed by atoms with E-state index in [1.165, 1.54) is 25.7 Å². The normalized spacial score (nSPS) is 8.93. The van der Waals surface area contributed by atoms with E-state index in [1.807, 2.05) is 0 Å². The Morgan fingerprint density at radius 2 is 1.21 bits per heavy atom. The zero-order valence-electron chi connectivity index (χ0n) is 16.8. The maximum absolute atomic E-state index is 10.3. The van der Waals surface area contributed by atoms with Gasteiger partial charge in [0.15, 0.2) is 0 Å². The van der Waals surface area contributed by atoms with Crippen LogP contribution in [0.1, 0.15) is 63.8 Å². The van der Waals surface area contributed by atoms with E-state index in [1.54, 1.807) is 18.2 Å². The number of nitrogens with zero attached hydrogens (tertiary/aromatic N) is 1. The van der Waals surface area contributed by atoms with Gasteiger partial charge in [0.25, 0.3) is 0 Å². The summed E-state index contributed by atoms with van der Waals surface area (Å²) in [5.74, 6) is -1.96. The molecule has 8 nitrogen and oxygen atoms in total. The van der Waals surface area contributed by atoms with Crippen molar-refractivity contribution in [1.29, 1.82) is 0 Å². The van der Waals surface area contributed by atoms with Crippen molar-refractivity contribution in [3.05, 3.63) is 41.1 Å². The van der Waals surface area contributed by atoms with Gasteiger partial charge in [-0.15, -0.1) is 0 Å². The van der Waals surface area contributed by atoms with Gasteiger partial charge in [0.05, 0.1) is 24.2 Å². The summed E-state index contributed by atoms with van der Waals surface area (Å²) in [5, 5.41) is 17.0. The molecule has 1 aromatic rings. The third-order valence-electron chi connectivity index (χ3n) is 3.09. The third-order valence-corrected chi connectivity index (χ3v) is 3.09. The summed E-state index contributed by atoms with van der Waals surface area (Å²) < 4.78 is 8.19. The van der Waals surface area contributed by atoms with Crippen molar-refractivity contribution in [1.82, 2.24) is 4.98 Å². The van der Waals surface area contributed by atoms with Crippen LogP contribution in [0.15, 0.2) is 18.2 Å². The van der Waals surface area contributed by atoms with Gasteiger partial charge in [0, 0.05) is 0 Å². The standard InChI is InChI=1S/C9H9NO4.2C5H12N.O.V/c11-8(12)4-6-2-1-3-7(10-6)5-9(13)14;2*1-2-3-4-5-6;;/h1-3H,4-5H2,(H,11,12)(H,13,14);2*6H,2-5H2,1H3;;/q;2*-1;;+2. The van der Waals surface area contributed by atoms with Gasteiger partial charge < -0.3 is 21.7 Å². The Bertz CT molecular complexity index is 457. The first-order chi connectivity index (χ1) is 13.4. The molecule has 0 saturated heterocycles. The number of carboxylic acid groups (broad SMARTS) is 2. The van der Waals surface area contributed by atoms with Crippen LogP contribution in [-0.4, -0.2) is 40.2 Å². The number of carbonyl (C=O) groups is 2. The van der Waals surface area contributed by atoms with E-state index < -0.39 is 11.9 Å². The van der Waals surface area contributed by atoms with Gasteiger partial charge in [0.2, 0.25) is 0 Å². The van der Waals surface area contributed by atoms with E-state index in [4.69, 9.17) is 25.4 Å². The second-order valence-corrected chi connectivity index (χ2v) is 5.68. The van der Waals surface area contributed by atoms with E-state index in [2.05, 4.69) is 18.8 Å². The predicted octanol–water partition coefficient (Wildman–Crippen LogP) is 4.67. The molecule has 1 heterocycles. The van der Waals surface area contributed by atoms with Gasteiger partial charge in [-0.2, -0.15) is 13.1 Å². The van der Waals surface area contributed by atoms with Gasteiger partial charge in [-0.05, 0) is 12.1 Å². The quantitative estimate of drug-likeness (QED) is 0.510. The Kier molecular flexibility index (Phi) is 28.2. The average molecular weight is 434 g/mol. The van der Waals surface area contributed by atoms with E-state index in [9.17, 15) is 9.59 Å². The van der Waals surface area contributed by atoms with Crippen molar-refractivity contribution >= 4 is 11.9 Å². The molecule has 0 radical (unpaired) electrons. The van der Waals surface area contributed by atoms with Crippen LogP contribution in [0.4, 0.5) is 0 Å². The Hall–Kier alpha value is -1.61. The van der Waals surface area contributed by atoms with Crippen LogP contribution in [0.5, 0.6) is 0 Å². The maximum atomic E-state index is 10.3. The molecule has 0 atom stereocenters. The Morgan fingerprint density at radius 3 is 1.43 bits per heavy atom. The Labute approximate surface area is 177 Å². The van der Waals surface area contributed by atoms with E-state index in [-0.39, 0.29) is 12.8 Å². The molecule has 0 fully saturated rings.